The molecule has 2 aromatic carbocycles. The van der Waals surface area contributed by atoms with Gasteiger partial charge >= 0.3 is 0 Å². The molecule has 0 bridgehead atoms. The Morgan fingerprint density at radius 3 is 2.29 bits per heavy atom. The first-order valence-corrected chi connectivity index (χ1v) is 11.2. The van der Waals surface area contributed by atoms with Gasteiger partial charge < -0.3 is 15.4 Å². The van der Waals surface area contributed by atoms with E-state index in [1.54, 1.807) is 0 Å². The number of aliphatic imine (C=N–C) groups is 1. The molecule has 1 aliphatic carbocycles. The normalized spacial score (nSPS) is 18.5. The molecule has 0 aromatic heterocycles. The van der Waals surface area contributed by atoms with Crippen molar-refractivity contribution in [3.05, 3.63) is 71.3 Å². The average molecular weight is 534 g/mol. The molecule has 1 saturated heterocycles. The van der Waals surface area contributed by atoms with Crippen molar-refractivity contribution < 1.29 is 4.74 Å². The van der Waals surface area contributed by atoms with Gasteiger partial charge in [0.2, 0.25) is 0 Å². The quantitative estimate of drug-likeness (QED) is 0.321. The van der Waals surface area contributed by atoms with Gasteiger partial charge in [0, 0.05) is 45.2 Å². The maximum Gasteiger partial charge on any atom is 0.191 e. The number of halogens is 1. The van der Waals surface area contributed by atoms with Crippen LogP contribution in [0, 0.1) is 0 Å². The predicted octanol–water partition coefficient (Wildman–Crippen LogP) is 3.92. The van der Waals surface area contributed by atoms with Crippen molar-refractivity contribution >= 4 is 29.9 Å². The van der Waals surface area contributed by atoms with Crippen LogP contribution in [0.15, 0.2) is 59.6 Å². The van der Waals surface area contributed by atoms with Crippen LogP contribution < -0.4 is 10.6 Å². The molecule has 1 saturated carbocycles. The molecule has 4 rings (SSSR count). The van der Waals surface area contributed by atoms with Gasteiger partial charge in [-0.2, -0.15) is 0 Å². The smallest absolute Gasteiger partial charge is 0.191 e. The Kier molecular flexibility index (Phi) is 9.16. The van der Waals surface area contributed by atoms with Crippen LogP contribution in [-0.4, -0.2) is 50.8 Å². The molecule has 1 aliphatic heterocycles. The van der Waals surface area contributed by atoms with Crippen molar-refractivity contribution in [1.29, 1.82) is 0 Å². The second kappa shape index (κ2) is 11.8. The first-order chi connectivity index (χ1) is 14.8. The summed E-state index contributed by atoms with van der Waals surface area (Å²) in [5.41, 5.74) is 4.39. The summed E-state index contributed by atoms with van der Waals surface area (Å²) >= 11 is 0. The number of rotatable bonds is 7. The fraction of sp³-hybridized carbons (Fsp3) is 0.480. The first-order valence-electron chi connectivity index (χ1n) is 11.2. The summed E-state index contributed by atoms with van der Waals surface area (Å²) in [6, 6.07) is 19.6. The highest BCUT2D eigenvalue weighted by atomic mass is 127. The van der Waals surface area contributed by atoms with Gasteiger partial charge in [0.05, 0.1) is 13.2 Å². The first kappa shape index (κ1) is 24.0. The van der Waals surface area contributed by atoms with Crippen LogP contribution in [0.1, 0.15) is 36.0 Å². The lowest BCUT2D eigenvalue weighted by molar-refractivity contribution is 0.0341. The lowest BCUT2D eigenvalue weighted by Crippen LogP contribution is -2.48. The molecule has 2 aliphatic rings. The van der Waals surface area contributed by atoms with Gasteiger partial charge in [-0.05, 0) is 29.5 Å². The topological polar surface area (TPSA) is 48.9 Å². The van der Waals surface area contributed by atoms with Gasteiger partial charge in [-0.25, -0.2) is 0 Å². The molecule has 0 atom stereocenters. The maximum atomic E-state index is 5.48. The average Bonchev–Trinajstić information content (AvgIpc) is 2.77. The van der Waals surface area contributed by atoms with Crippen molar-refractivity contribution in [3.8, 4) is 0 Å². The molecular weight excluding hydrogens is 499 g/mol. The number of nitrogens with one attached hydrogen (secondary N) is 2. The Morgan fingerprint density at radius 2 is 1.65 bits per heavy atom. The van der Waals surface area contributed by atoms with E-state index in [1.165, 1.54) is 36.0 Å². The van der Waals surface area contributed by atoms with Gasteiger partial charge in [0.15, 0.2) is 5.96 Å². The van der Waals surface area contributed by atoms with Crippen LogP contribution in [0.3, 0.4) is 0 Å². The largest absolute Gasteiger partial charge is 0.379 e. The Labute approximate surface area is 203 Å². The molecule has 0 spiro atoms. The highest BCUT2D eigenvalue weighted by Crippen LogP contribution is 2.43. The van der Waals surface area contributed by atoms with Crippen molar-refractivity contribution in [1.82, 2.24) is 15.5 Å². The number of benzene rings is 2. The van der Waals surface area contributed by atoms with Crippen LogP contribution >= 0.6 is 24.0 Å². The fourth-order valence-electron chi connectivity index (χ4n) is 4.50. The number of hydrogen-bond acceptors (Lipinski definition) is 3. The molecule has 5 nitrogen and oxygen atoms in total. The van der Waals surface area contributed by atoms with E-state index in [2.05, 4.69) is 75.1 Å². The monoisotopic (exact) mass is 534 g/mol. The summed E-state index contributed by atoms with van der Waals surface area (Å²) in [6.07, 6.45) is 3.78. The van der Waals surface area contributed by atoms with Crippen LogP contribution in [-0.2, 0) is 23.2 Å². The summed E-state index contributed by atoms with van der Waals surface area (Å²) in [5.74, 6) is 0.874. The second-order valence-electron chi connectivity index (χ2n) is 8.44. The number of morpholine rings is 1. The van der Waals surface area contributed by atoms with Gasteiger partial charge in [0.25, 0.3) is 0 Å². The van der Waals surface area contributed by atoms with E-state index in [0.29, 0.717) is 0 Å². The standard InChI is InChI=1S/C25H34N4O.HI/c1-26-24(28-20-25(12-7-13-25)23-10-3-2-4-11-23)27-18-21-8-5-6-9-22(21)19-29-14-16-30-17-15-29;/h2-6,8-11H,7,12-20H2,1H3,(H2,26,27,28);1H. The minimum absolute atomic E-state index is 0. The number of nitrogens with zero attached hydrogens (tertiary/aromatic N) is 2. The van der Waals surface area contributed by atoms with Crippen molar-refractivity contribution in [2.45, 2.75) is 37.8 Å². The zero-order valence-corrected chi connectivity index (χ0v) is 20.8. The van der Waals surface area contributed by atoms with Crippen molar-refractivity contribution in [2.75, 3.05) is 39.9 Å². The van der Waals surface area contributed by atoms with E-state index >= 15 is 0 Å². The molecule has 2 N–H and O–H groups in total. The SMILES string of the molecule is CN=C(NCc1ccccc1CN1CCOCC1)NCC1(c2ccccc2)CCC1.I. The van der Waals surface area contributed by atoms with Crippen LogP contribution in [0.2, 0.25) is 0 Å². The molecule has 0 radical (unpaired) electrons. The van der Waals surface area contributed by atoms with Gasteiger partial charge in [-0.3, -0.25) is 9.89 Å². The highest BCUT2D eigenvalue weighted by Gasteiger charge is 2.38. The molecule has 1 heterocycles. The number of guanidine groups is 1. The zero-order valence-electron chi connectivity index (χ0n) is 18.5. The molecular formula is C25H35IN4O. The minimum atomic E-state index is 0. The van der Waals surface area contributed by atoms with Crippen LogP contribution in [0.4, 0.5) is 0 Å². The van der Waals surface area contributed by atoms with E-state index in [9.17, 15) is 0 Å². The van der Waals surface area contributed by atoms with Crippen LogP contribution in [0.25, 0.3) is 0 Å². The molecule has 2 fully saturated rings. The summed E-state index contributed by atoms with van der Waals surface area (Å²) in [4.78, 5) is 6.94. The van der Waals surface area contributed by atoms with Gasteiger partial charge in [-0.1, -0.05) is 61.0 Å². The zero-order chi connectivity index (χ0) is 20.7. The number of ether oxygens (including phenoxy) is 1. The third-order valence-electron chi connectivity index (χ3n) is 6.58. The van der Waals surface area contributed by atoms with E-state index in [0.717, 1.165) is 51.9 Å². The Balaban J connectivity index is 0.00000272. The second-order valence-corrected chi connectivity index (χ2v) is 8.44. The highest BCUT2D eigenvalue weighted by molar-refractivity contribution is 14.0. The third-order valence-corrected chi connectivity index (χ3v) is 6.58. The lowest BCUT2D eigenvalue weighted by atomic mass is 9.64. The Hall–Kier alpha value is -1.64. The van der Waals surface area contributed by atoms with E-state index in [4.69, 9.17) is 4.74 Å². The van der Waals surface area contributed by atoms with E-state index in [1.807, 2.05) is 7.05 Å². The fourth-order valence-corrected chi connectivity index (χ4v) is 4.50. The third kappa shape index (κ3) is 6.20. The maximum absolute atomic E-state index is 5.48. The van der Waals surface area contributed by atoms with E-state index in [-0.39, 0.29) is 29.4 Å². The summed E-state index contributed by atoms with van der Waals surface area (Å²) < 4.78 is 5.48. The molecule has 0 unspecified atom stereocenters. The van der Waals surface area contributed by atoms with E-state index < -0.39 is 0 Å². The Bertz CT molecular complexity index is 832. The van der Waals surface area contributed by atoms with Gasteiger partial charge in [0.1, 0.15) is 0 Å². The summed E-state index contributed by atoms with van der Waals surface area (Å²) in [6.45, 7) is 6.36. The molecule has 168 valence electrons. The van der Waals surface area contributed by atoms with Crippen molar-refractivity contribution in [3.63, 3.8) is 0 Å². The molecule has 31 heavy (non-hydrogen) atoms. The number of hydrogen-bond donors (Lipinski definition) is 2. The summed E-state index contributed by atoms with van der Waals surface area (Å²) in [5, 5.41) is 7.12. The van der Waals surface area contributed by atoms with Crippen molar-refractivity contribution in [2.24, 2.45) is 4.99 Å². The molecule has 2 aromatic rings. The Morgan fingerprint density at radius 1 is 0.968 bits per heavy atom. The molecule has 6 heteroatoms. The predicted molar refractivity (Wildman–Crippen MR) is 138 cm³/mol. The molecule has 0 amide bonds. The minimum Gasteiger partial charge on any atom is -0.379 e. The lowest BCUT2D eigenvalue weighted by Gasteiger charge is -2.43. The van der Waals surface area contributed by atoms with Crippen LogP contribution in [0.5, 0.6) is 0 Å². The van der Waals surface area contributed by atoms with Gasteiger partial charge in [-0.15, -0.1) is 24.0 Å². The summed E-state index contributed by atoms with van der Waals surface area (Å²) in [7, 11) is 1.85.